The summed E-state index contributed by atoms with van der Waals surface area (Å²) in [5.41, 5.74) is 2.05. The van der Waals surface area contributed by atoms with Crippen LogP contribution in [0.2, 0.25) is 0 Å². The van der Waals surface area contributed by atoms with Gasteiger partial charge in [-0.3, -0.25) is 9.69 Å². The number of carbonyl (C=O) groups excluding carboxylic acids is 1. The van der Waals surface area contributed by atoms with Crippen LogP contribution in [0.4, 0.5) is 5.13 Å². The van der Waals surface area contributed by atoms with E-state index in [9.17, 15) is 4.79 Å². The minimum absolute atomic E-state index is 0.0800. The minimum Gasteiger partial charge on any atom is -0.492 e. The van der Waals surface area contributed by atoms with Gasteiger partial charge in [-0.25, -0.2) is 4.98 Å². The summed E-state index contributed by atoms with van der Waals surface area (Å²) >= 11 is 3.12. The number of amides is 1. The van der Waals surface area contributed by atoms with Gasteiger partial charge >= 0.3 is 0 Å². The van der Waals surface area contributed by atoms with Crippen LogP contribution in [0.3, 0.4) is 0 Å². The number of aryl methyl sites for hydroxylation is 1. The van der Waals surface area contributed by atoms with Crippen LogP contribution in [0, 0.1) is 6.92 Å². The molecule has 0 bridgehead atoms. The first-order valence-corrected chi connectivity index (χ1v) is 11.9. The van der Waals surface area contributed by atoms with Gasteiger partial charge in [-0.1, -0.05) is 35.1 Å². The van der Waals surface area contributed by atoms with Crippen LogP contribution in [-0.2, 0) is 4.79 Å². The fourth-order valence-corrected chi connectivity index (χ4v) is 4.83. The Morgan fingerprint density at radius 2 is 1.90 bits per heavy atom. The first-order chi connectivity index (χ1) is 14.5. The van der Waals surface area contributed by atoms with E-state index in [0.29, 0.717) is 18.9 Å². The van der Waals surface area contributed by atoms with Crippen molar-refractivity contribution in [3.8, 4) is 5.75 Å². The Bertz CT molecular complexity index is 970. The number of nitrogens with zero attached hydrogens (tertiary/aromatic N) is 3. The molecule has 0 unspecified atom stereocenters. The summed E-state index contributed by atoms with van der Waals surface area (Å²) in [6, 6.07) is 14.2. The van der Waals surface area contributed by atoms with Gasteiger partial charge in [0.25, 0.3) is 0 Å². The van der Waals surface area contributed by atoms with E-state index in [4.69, 9.17) is 9.72 Å². The average molecular weight is 444 g/mol. The normalized spacial score (nSPS) is 11.2. The molecule has 0 saturated heterocycles. The molecule has 7 heteroatoms. The van der Waals surface area contributed by atoms with Crippen molar-refractivity contribution in [1.29, 1.82) is 0 Å². The third-order valence-corrected chi connectivity index (χ3v) is 6.61. The van der Waals surface area contributed by atoms with Crippen LogP contribution < -0.4 is 9.64 Å². The first kappa shape index (κ1) is 22.6. The van der Waals surface area contributed by atoms with Crippen LogP contribution in [-0.4, -0.2) is 55.3 Å². The minimum atomic E-state index is 0.0800. The van der Waals surface area contributed by atoms with Gasteiger partial charge in [0.15, 0.2) is 5.13 Å². The summed E-state index contributed by atoms with van der Waals surface area (Å²) in [4.78, 5) is 23.0. The van der Waals surface area contributed by atoms with E-state index in [0.717, 1.165) is 39.0 Å². The maximum Gasteiger partial charge on any atom is 0.239 e. The second-order valence-corrected chi connectivity index (χ2v) is 9.39. The molecule has 0 radical (unpaired) electrons. The lowest BCUT2D eigenvalue weighted by Crippen LogP contribution is -2.34. The van der Waals surface area contributed by atoms with Crippen LogP contribution in [0.1, 0.15) is 18.9 Å². The number of para-hydroxylation sites is 1. The first-order valence-electron chi connectivity index (χ1n) is 10.1. The molecule has 5 nitrogen and oxygen atoms in total. The second-order valence-electron chi connectivity index (χ2n) is 7.34. The Kier molecular flexibility index (Phi) is 8.13. The van der Waals surface area contributed by atoms with Crippen molar-refractivity contribution in [2.75, 3.05) is 44.4 Å². The number of aromatic nitrogens is 1. The van der Waals surface area contributed by atoms with Crippen molar-refractivity contribution < 1.29 is 9.53 Å². The highest BCUT2D eigenvalue weighted by atomic mass is 32.2. The molecule has 30 heavy (non-hydrogen) atoms. The summed E-state index contributed by atoms with van der Waals surface area (Å²) in [5.74, 6) is 1.24. The molecule has 2 aromatic carbocycles. The van der Waals surface area contributed by atoms with E-state index in [-0.39, 0.29) is 5.91 Å². The van der Waals surface area contributed by atoms with Crippen LogP contribution in [0.15, 0.2) is 47.4 Å². The number of hydrogen-bond acceptors (Lipinski definition) is 6. The molecular weight excluding hydrogens is 414 g/mol. The topological polar surface area (TPSA) is 45.7 Å². The van der Waals surface area contributed by atoms with Gasteiger partial charge in [0.1, 0.15) is 11.3 Å². The molecule has 0 N–H and O–H groups in total. The lowest BCUT2D eigenvalue weighted by Gasteiger charge is -2.21. The maximum absolute atomic E-state index is 13.2. The molecule has 1 aromatic heterocycles. The molecule has 0 spiro atoms. The molecule has 0 aliphatic carbocycles. The van der Waals surface area contributed by atoms with Gasteiger partial charge in [-0.05, 0) is 65.2 Å². The van der Waals surface area contributed by atoms with Gasteiger partial charge in [-0.2, -0.15) is 0 Å². The van der Waals surface area contributed by atoms with Gasteiger partial charge in [-0.15, -0.1) is 11.8 Å². The fraction of sp³-hybridized carbons (Fsp3) is 0.391. The largest absolute Gasteiger partial charge is 0.492 e. The van der Waals surface area contributed by atoms with Crippen molar-refractivity contribution in [2.24, 2.45) is 0 Å². The van der Waals surface area contributed by atoms with E-state index in [1.807, 2.05) is 44.1 Å². The Morgan fingerprint density at radius 1 is 1.13 bits per heavy atom. The van der Waals surface area contributed by atoms with Crippen LogP contribution in [0.25, 0.3) is 10.2 Å². The van der Waals surface area contributed by atoms with Crippen LogP contribution >= 0.6 is 23.1 Å². The fourth-order valence-electron chi connectivity index (χ4n) is 3.03. The summed E-state index contributed by atoms with van der Waals surface area (Å²) in [6.07, 6.45) is 0.891. The third-order valence-electron chi connectivity index (χ3n) is 4.57. The summed E-state index contributed by atoms with van der Waals surface area (Å²) < 4.78 is 6.76. The van der Waals surface area contributed by atoms with Crippen molar-refractivity contribution in [2.45, 2.75) is 25.2 Å². The van der Waals surface area contributed by atoms with E-state index < -0.39 is 0 Å². The zero-order valence-corrected chi connectivity index (χ0v) is 19.7. The molecule has 3 rings (SSSR count). The number of anilines is 1. The number of hydrogen-bond donors (Lipinski definition) is 0. The van der Waals surface area contributed by atoms with Gasteiger partial charge in [0.2, 0.25) is 5.91 Å². The number of rotatable bonds is 10. The Hall–Kier alpha value is -2.09. The molecule has 0 fully saturated rings. The summed E-state index contributed by atoms with van der Waals surface area (Å²) in [7, 11) is 4.09. The molecule has 0 saturated carbocycles. The Labute approximate surface area is 187 Å². The molecule has 0 atom stereocenters. The number of thioether (sulfide) groups is 1. The highest BCUT2D eigenvalue weighted by Gasteiger charge is 2.21. The molecular formula is C23H29N3O2S2. The zero-order valence-electron chi connectivity index (χ0n) is 18.1. The smallest absolute Gasteiger partial charge is 0.239 e. The highest BCUT2D eigenvalue weighted by Crippen LogP contribution is 2.34. The standard InChI is InChI=1S/C23H29N3O2S2/c1-5-28-19-8-6-9-20-22(19)24-23(30-20)26(15-7-14-25(3)4)21(27)16-29-18-12-10-17(2)11-13-18/h6,8-13H,5,7,14-16H2,1-4H3. The number of ether oxygens (including phenoxy) is 1. The number of thiazole rings is 1. The summed E-state index contributed by atoms with van der Waals surface area (Å²) in [6.45, 7) is 6.19. The van der Waals surface area contributed by atoms with Gasteiger partial charge in [0.05, 0.1) is 17.1 Å². The van der Waals surface area contributed by atoms with E-state index in [2.05, 4.69) is 36.1 Å². The Balaban J connectivity index is 1.80. The van der Waals surface area contributed by atoms with Crippen molar-refractivity contribution in [1.82, 2.24) is 9.88 Å². The summed E-state index contributed by atoms with van der Waals surface area (Å²) in [5, 5.41) is 0.741. The maximum atomic E-state index is 13.2. The molecule has 0 aliphatic heterocycles. The van der Waals surface area contributed by atoms with Crippen LogP contribution in [0.5, 0.6) is 5.75 Å². The second kappa shape index (κ2) is 10.8. The van der Waals surface area contributed by atoms with Gasteiger partial charge < -0.3 is 9.64 Å². The highest BCUT2D eigenvalue weighted by molar-refractivity contribution is 8.00. The van der Waals surface area contributed by atoms with Crippen molar-refractivity contribution in [3.05, 3.63) is 48.0 Å². The number of carbonyl (C=O) groups is 1. The lowest BCUT2D eigenvalue weighted by atomic mass is 10.2. The Morgan fingerprint density at radius 3 is 2.60 bits per heavy atom. The van der Waals surface area contributed by atoms with E-state index >= 15 is 0 Å². The van der Waals surface area contributed by atoms with Crippen molar-refractivity contribution >= 4 is 44.4 Å². The predicted molar refractivity (Wildman–Crippen MR) is 128 cm³/mol. The zero-order chi connectivity index (χ0) is 21.5. The number of benzene rings is 2. The molecule has 160 valence electrons. The quantitative estimate of drug-likeness (QED) is 0.409. The van der Waals surface area contributed by atoms with E-state index in [1.54, 1.807) is 23.1 Å². The number of fused-ring (bicyclic) bond motifs is 1. The monoisotopic (exact) mass is 443 g/mol. The molecule has 1 amide bonds. The van der Waals surface area contributed by atoms with Crippen molar-refractivity contribution in [3.63, 3.8) is 0 Å². The molecule has 3 aromatic rings. The lowest BCUT2D eigenvalue weighted by molar-refractivity contribution is -0.116. The van der Waals surface area contributed by atoms with Gasteiger partial charge in [0, 0.05) is 11.4 Å². The predicted octanol–water partition coefficient (Wildman–Crippen LogP) is 5.08. The SMILES string of the molecule is CCOc1cccc2sc(N(CCCN(C)C)C(=O)CSc3ccc(C)cc3)nc12. The average Bonchev–Trinajstić information content (AvgIpc) is 3.15. The third kappa shape index (κ3) is 5.97. The molecule has 0 aliphatic rings. The van der Waals surface area contributed by atoms with E-state index in [1.165, 1.54) is 5.56 Å². The molecule has 1 heterocycles.